The van der Waals surface area contributed by atoms with Crippen LogP contribution in [-0.4, -0.2) is 31.6 Å². The Kier molecular flexibility index (Phi) is 6.63. The van der Waals surface area contributed by atoms with Crippen LogP contribution in [0.4, 0.5) is 5.69 Å². The maximum absolute atomic E-state index is 12.7. The van der Waals surface area contributed by atoms with Crippen molar-refractivity contribution in [2.24, 2.45) is 0 Å². The topological polar surface area (TPSA) is 106 Å². The summed E-state index contributed by atoms with van der Waals surface area (Å²) in [6.45, 7) is 1.70. The number of hydrogen-bond acceptors (Lipinski definition) is 7. The van der Waals surface area contributed by atoms with Crippen LogP contribution in [-0.2, 0) is 20.5 Å². The zero-order valence-electron chi connectivity index (χ0n) is 16.3. The number of phenolic OH excluding ortho intramolecular Hbond substituents is 1. The van der Waals surface area contributed by atoms with Crippen molar-refractivity contribution in [2.75, 3.05) is 11.8 Å². The monoisotopic (exact) mass is 444 g/mol. The van der Waals surface area contributed by atoms with Gasteiger partial charge in [0.15, 0.2) is 0 Å². The zero-order valence-corrected chi connectivity index (χ0v) is 18.0. The maximum Gasteiger partial charge on any atom is 0.338 e. The molecule has 3 rings (SSSR count). The van der Waals surface area contributed by atoms with Gasteiger partial charge >= 0.3 is 5.97 Å². The van der Waals surface area contributed by atoms with Gasteiger partial charge in [-0.05, 0) is 54.4 Å². The summed E-state index contributed by atoms with van der Waals surface area (Å²) >= 11 is 1.49. The first-order valence-corrected chi connectivity index (χ1v) is 11.3. The molecule has 0 aliphatic heterocycles. The number of hydrogen-bond donors (Lipinski definition) is 2. The number of aromatic hydroxyl groups is 1. The molecular formula is C21H20N2O5S2. The number of benzene rings is 2. The van der Waals surface area contributed by atoms with Gasteiger partial charge in [-0.15, -0.1) is 11.8 Å². The second-order valence-corrected chi connectivity index (χ2v) is 9.09. The molecule has 0 aliphatic rings. The van der Waals surface area contributed by atoms with Crippen molar-refractivity contribution in [2.45, 2.75) is 22.6 Å². The number of aromatic nitrogens is 1. The summed E-state index contributed by atoms with van der Waals surface area (Å²) in [5.74, 6) is 0.282. The van der Waals surface area contributed by atoms with Gasteiger partial charge in [0.05, 0.1) is 34.5 Å². The summed E-state index contributed by atoms with van der Waals surface area (Å²) in [4.78, 5) is 16.1. The molecule has 0 fully saturated rings. The molecule has 0 saturated heterocycles. The number of ether oxygens (including phenoxy) is 1. The largest absolute Gasteiger partial charge is 0.508 e. The Balaban J connectivity index is 1.69. The number of phenols is 1. The van der Waals surface area contributed by atoms with Gasteiger partial charge in [-0.25, -0.2) is 18.2 Å². The van der Waals surface area contributed by atoms with Crippen molar-refractivity contribution in [3.05, 3.63) is 77.5 Å². The Morgan fingerprint density at radius 1 is 1.13 bits per heavy atom. The fraction of sp³-hybridized carbons (Fsp3) is 0.143. The number of carbonyl (C=O) groups is 1. The van der Waals surface area contributed by atoms with E-state index in [9.17, 15) is 18.3 Å². The van der Waals surface area contributed by atoms with Crippen molar-refractivity contribution < 1.29 is 23.1 Å². The zero-order chi connectivity index (χ0) is 21.7. The van der Waals surface area contributed by atoms with Crippen LogP contribution in [0.5, 0.6) is 5.75 Å². The van der Waals surface area contributed by atoms with Crippen LogP contribution in [0.1, 0.15) is 21.5 Å². The van der Waals surface area contributed by atoms with Gasteiger partial charge in [0.25, 0.3) is 10.0 Å². The van der Waals surface area contributed by atoms with E-state index in [1.165, 1.54) is 37.2 Å². The van der Waals surface area contributed by atoms with Gasteiger partial charge in [-0.2, -0.15) is 0 Å². The number of nitrogens with one attached hydrogen (secondary N) is 1. The predicted octanol–water partition coefficient (Wildman–Crippen LogP) is 3.98. The smallest absolute Gasteiger partial charge is 0.338 e. The lowest BCUT2D eigenvalue weighted by atomic mass is 10.1. The molecule has 0 radical (unpaired) electrons. The van der Waals surface area contributed by atoms with Crippen LogP contribution in [0.15, 0.2) is 70.7 Å². The Labute approximate surface area is 179 Å². The lowest BCUT2D eigenvalue weighted by Gasteiger charge is -2.11. The molecule has 9 heteroatoms. The molecule has 2 N–H and O–H groups in total. The Hall–Kier alpha value is -3.04. The molecule has 2 aromatic carbocycles. The van der Waals surface area contributed by atoms with Gasteiger partial charge in [0, 0.05) is 5.75 Å². The predicted molar refractivity (Wildman–Crippen MR) is 115 cm³/mol. The lowest BCUT2D eigenvalue weighted by molar-refractivity contribution is 0.0599. The van der Waals surface area contributed by atoms with Gasteiger partial charge in [0.2, 0.25) is 0 Å². The van der Waals surface area contributed by atoms with E-state index in [2.05, 4.69) is 9.71 Å². The molecule has 156 valence electrons. The van der Waals surface area contributed by atoms with Gasteiger partial charge < -0.3 is 9.84 Å². The lowest BCUT2D eigenvalue weighted by Crippen LogP contribution is -2.14. The highest BCUT2D eigenvalue weighted by atomic mass is 32.2. The summed E-state index contributed by atoms with van der Waals surface area (Å²) in [5.41, 5.74) is 2.16. The van der Waals surface area contributed by atoms with E-state index in [4.69, 9.17) is 4.74 Å². The number of sulfonamides is 1. The first kappa shape index (κ1) is 21.7. The van der Waals surface area contributed by atoms with E-state index in [1.807, 2.05) is 12.1 Å². The number of thioether (sulfide) groups is 1. The molecule has 30 heavy (non-hydrogen) atoms. The Morgan fingerprint density at radius 2 is 1.87 bits per heavy atom. The number of methoxy groups -OCH3 is 1. The van der Waals surface area contributed by atoms with Crippen LogP contribution in [0.2, 0.25) is 0 Å². The molecule has 0 unspecified atom stereocenters. The number of aryl methyl sites for hydroxylation is 1. The standard InChI is InChI=1S/C21H20N2O5S2/c1-14-3-9-18(11-19(14)21(25)28-2)30(26,27)23-16-6-10-20(22-12-16)29-13-15-4-7-17(24)8-5-15/h3-12,23-24H,13H2,1-2H3. The Bertz CT molecular complexity index is 1150. The van der Waals surface area contributed by atoms with Gasteiger partial charge in [-0.3, -0.25) is 4.72 Å². The maximum atomic E-state index is 12.7. The molecule has 1 heterocycles. The van der Waals surface area contributed by atoms with Crippen molar-refractivity contribution in [3.63, 3.8) is 0 Å². The van der Waals surface area contributed by atoms with Crippen LogP contribution >= 0.6 is 11.8 Å². The third-order valence-corrected chi connectivity index (χ3v) is 6.63. The summed E-state index contributed by atoms with van der Waals surface area (Å²) in [7, 11) is -2.65. The molecule has 0 saturated carbocycles. The second kappa shape index (κ2) is 9.19. The van der Waals surface area contributed by atoms with Crippen molar-refractivity contribution in [1.29, 1.82) is 0 Å². The first-order valence-electron chi connectivity index (χ1n) is 8.87. The summed E-state index contributed by atoms with van der Waals surface area (Å²) in [6, 6.07) is 14.5. The fourth-order valence-corrected chi connectivity index (χ4v) is 4.46. The third-order valence-electron chi connectivity index (χ3n) is 4.24. The average molecular weight is 445 g/mol. The van der Waals surface area contributed by atoms with Crippen molar-refractivity contribution in [1.82, 2.24) is 4.98 Å². The number of nitrogens with zero attached hydrogens (tertiary/aromatic N) is 1. The molecule has 0 atom stereocenters. The van der Waals surface area contributed by atoms with E-state index in [0.29, 0.717) is 17.0 Å². The van der Waals surface area contributed by atoms with E-state index >= 15 is 0 Å². The summed E-state index contributed by atoms with van der Waals surface area (Å²) in [6.07, 6.45) is 1.44. The SMILES string of the molecule is COC(=O)c1cc(S(=O)(=O)Nc2ccc(SCc3ccc(O)cc3)nc2)ccc1C. The van der Waals surface area contributed by atoms with Crippen LogP contribution in [0.3, 0.4) is 0 Å². The molecular weight excluding hydrogens is 424 g/mol. The van der Waals surface area contributed by atoms with E-state index in [1.54, 1.807) is 37.3 Å². The summed E-state index contributed by atoms with van der Waals surface area (Å²) < 4.78 is 32.5. The number of pyridine rings is 1. The van der Waals surface area contributed by atoms with Crippen LogP contribution in [0, 0.1) is 6.92 Å². The number of anilines is 1. The van der Waals surface area contributed by atoms with E-state index < -0.39 is 16.0 Å². The molecule has 7 nitrogen and oxygen atoms in total. The number of carbonyl (C=O) groups excluding carboxylic acids is 1. The van der Waals surface area contributed by atoms with Gasteiger partial charge in [-0.1, -0.05) is 18.2 Å². The van der Waals surface area contributed by atoms with Gasteiger partial charge in [0.1, 0.15) is 5.75 Å². The highest BCUT2D eigenvalue weighted by molar-refractivity contribution is 7.98. The number of rotatable bonds is 7. The van der Waals surface area contributed by atoms with Crippen molar-refractivity contribution in [3.8, 4) is 5.75 Å². The highest BCUT2D eigenvalue weighted by Crippen LogP contribution is 2.24. The van der Waals surface area contributed by atoms with Crippen molar-refractivity contribution >= 4 is 33.4 Å². The molecule has 0 spiro atoms. The highest BCUT2D eigenvalue weighted by Gasteiger charge is 2.18. The minimum Gasteiger partial charge on any atom is -0.508 e. The number of esters is 1. The first-order chi connectivity index (χ1) is 14.3. The minimum atomic E-state index is -3.89. The van der Waals surface area contributed by atoms with E-state index in [-0.39, 0.29) is 16.2 Å². The molecule has 0 aliphatic carbocycles. The summed E-state index contributed by atoms with van der Waals surface area (Å²) in [5, 5.41) is 10.0. The van der Waals surface area contributed by atoms with Crippen LogP contribution < -0.4 is 4.72 Å². The Morgan fingerprint density at radius 3 is 2.50 bits per heavy atom. The quantitative estimate of drug-likeness (QED) is 0.419. The van der Waals surface area contributed by atoms with E-state index in [0.717, 1.165) is 10.6 Å². The fourth-order valence-electron chi connectivity index (χ4n) is 2.59. The molecule has 3 aromatic rings. The minimum absolute atomic E-state index is 0.0423. The normalized spacial score (nSPS) is 11.1. The molecule has 0 bridgehead atoms. The average Bonchev–Trinajstić information content (AvgIpc) is 2.74. The molecule has 1 aromatic heterocycles. The second-order valence-electron chi connectivity index (χ2n) is 6.41. The van der Waals surface area contributed by atoms with Crippen LogP contribution in [0.25, 0.3) is 0 Å². The third kappa shape index (κ3) is 5.31. The molecule has 0 amide bonds.